The Bertz CT molecular complexity index is 331. The number of hydrogen-bond donors (Lipinski definition) is 1. The number of rotatable bonds is 5. The minimum absolute atomic E-state index is 0.286. The highest BCUT2D eigenvalue weighted by Crippen LogP contribution is 2.23. The molecule has 0 radical (unpaired) electrons. The van der Waals surface area contributed by atoms with Gasteiger partial charge in [-0.1, -0.05) is 13.8 Å². The number of carbonyl (C=O) groups is 1. The average molecular weight is 211 g/mol. The fourth-order valence-electron chi connectivity index (χ4n) is 1.62. The SMILES string of the molecule is CCC(CC)c1nncn1C(C)C(=O)O. The molecule has 0 fully saturated rings. The minimum atomic E-state index is -0.859. The molecule has 5 nitrogen and oxygen atoms in total. The van der Waals surface area contributed by atoms with Gasteiger partial charge in [-0.2, -0.15) is 0 Å². The molecular weight excluding hydrogens is 194 g/mol. The zero-order valence-electron chi connectivity index (χ0n) is 9.34. The quantitative estimate of drug-likeness (QED) is 0.806. The van der Waals surface area contributed by atoms with Crippen LogP contribution in [0.25, 0.3) is 0 Å². The summed E-state index contributed by atoms with van der Waals surface area (Å²) < 4.78 is 1.64. The van der Waals surface area contributed by atoms with Crippen LogP contribution in [0, 0.1) is 0 Å². The number of nitrogens with zero attached hydrogens (tertiary/aromatic N) is 3. The lowest BCUT2D eigenvalue weighted by atomic mass is 10.0. The van der Waals surface area contributed by atoms with Crippen molar-refractivity contribution in [2.24, 2.45) is 0 Å². The molecule has 1 atom stereocenters. The van der Waals surface area contributed by atoms with Crippen LogP contribution in [0.15, 0.2) is 6.33 Å². The van der Waals surface area contributed by atoms with Crippen molar-refractivity contribution in [3.8, 4) is 0 Å². The number of aromatic nitrogens is 3. The number of carboxylic acids is 1. The minimum Gasteiger partial charge on any atom is -0.480 e. The van der Waals surface area contributed by atoms with Gasteiger partial charge >= 0.3 is 5.97 Å². The molecule has 0 aliphatic rings. The molecule has 1 rings (SSSR count). The van der Waals surface area contributed by atoms with Crippen LogP contribution in [0.3, 0.4) is 0 Å². The zero-order chi connectivity index (χ0) is 11.4. The second-order valence-corrected chi connectivity index (χ2v) is 3.62. The van der Waals surface area contributed by atoms with Crippen molar-refractivity contribution in [2.75, 3.05) is 0 Å². The molecule has 0 aromatic carbocycles. The molecule has 0 spiro atoms. The van der Waals surface area contributed by atoms with Crippen molar-refractivity contribution in [1.82, 2.24) is 14.8 Å². The molecule has 0 aliphatic heterocycles. The van der Waals surface area contributed by atoms with Crippen LogP contribution in [-0.2, 0) is 4.79 Å². The first kappa shape index (κ1) is 11.7. The lowest BCUT2D eigenvalue weighted by Crippen LogP contribution is -2.18. The number of hydrogen-bond acceptors (Lipinski definition) is 3. The second kappa shape index (κ2) is 4.91. The van der Waals surface area contributed by atoms with E-state index < -0.39 is 12.0 Å². The molecular formula is C10H17N3O2. The highest BCUT2D eigenvalue weighted by molar-refractivity contribution is 5.71. The van der Waals surface area contributed by atoms with Gasteiger partial charge in [0, 0.05) is 5.92 Å². The van der Waals surface area contributed by atoms with Crippen molar-refractivity contribution in [3.05, 3.63) is 12.2 Å². The Hall–Kier alpha value is -1.39. The summed E-state index contributed by atoms with van der Waals surface area (Å²) in [5, 5.41) is 16.7. The summed E-state index contributed by atoms with van der Waals surface area (Å²) in [7, 11) is 0. The maximum atomic E-state index is 10.9. The lowest BCUT2D eigenvalue weighted by molar-refractivity contribution is -0.140. The van der Waals surface area contributed by atoms with Crippen molar-refractivity contribution in [2.45, 2.75) is 45.6 Å². The van der Waals surface area contributed by atoms with Crippen molar-refractivity contribution >= 4 is 5.97 Å². The van der Waals surface area contributed by atoms with Crippen LogP contribution in [-0.4, -0.2) is 25.8 Å². The second-order valence-electron chi connectivity index (χ2n) is 3.62. The van der Waals surface area contributed by atoms with Gasteiger partial charge < -0.3 is 9.67 Å². The van der Waals surface area contributed by atoms with Gasteiger partial charge in [0.05, 0.1) is 0 Å². The molecule has 0 aliphatic carbocycles. The Morgan fingerprint density at radius 2 is 2.13 bits per heavy atom. The van der Waals surface area contributed by atoms with Gasteiger partial charge in [-0.05, 0) is 19.8 Å². The number of aliphatic carboxylic acids is 1. The van der Waals surface area contributed by atoms with Gasteiger partial charge in [0.25, 0.3) is 0 Å². The van der Waals surface area contributed by atoms with E-state index in [1.165, 1.54) is 6.33 Å². The normalized spacial score (nSPS) is 13.1. The van der Waals surface area contributed by atoms with E-state index in [2.05, 4.69) is 24.0 Å². The first-order chi connectivity index (χ1) is 7.11. The van der Waals surface area contributed by atoms with Crippen molar-refractivity contribution < 1.29 is 9.90 Å². The highest BCUT2D eigenvalue weighted by atomic mass is 16.4. The van der Waals surface area contributed by atoms with Crippen LogP contribution in [0.4, 0.5) is 0 Å². The maximum Gasteiger partial charge on any atom is 0.326 e. The van der Waals surface area contributed by atoms with Gasteiger partial charge in [-0.15, -0.1) is 10.2 Å². The predicted molar refractivity (Wildman–Crippen MR) is 55.7 cm³/mol. The summed E-state index contributed by atoms with van der Waals surface area (Å²) >= 11 is 0. The smallest absolute Gasteiger partial charge is 0.326 e. The summed E-state index contributed by atoms with van der Waals surface area (Å²) in [6, 6.07) is -0.601. The molecule has 1 N–H and O–H groups in total. The fraction of sp³-hybridized carbons (Fsp3) is 0.700. The van der Waals surface area contributed by atoms with E-state index in [-0.39, 0.29) is 5.92 Å². The molecule has 15 heavy (non-hydrogen) atoms. The molecule has 0 bridgehead atoms. The largest absolute Gasteiger partial charge is 0.480 e. The standard InChI is InChI=1S/C10H17N3O2/c1-4-8(5-2)9-12-11-6-13(9)7(3)10(14)15/h6-8H,4-5H2,1-3H3,(H,14,15). The van der Waals surface area contributed by atoms with E-state index in [0.29, 0.717) is 0 Å². The van der Waals surface area contributed by atoms with Gasteiger partial charge in [0.1, 0.15) is 18.2 Å². The number of carboxylic acid groups (broad SMARTS) is 1. The molecule has 1 aromatic heterocycles. The third-order valence-electron chi connectivity index (χ3n) is 2.73. The monoisotopic (exact) mass is 211 g/mol. The summed E-state index contributed by atoms with van der Waals surface area (Å²) in [5.74, 6) is 0.200. The third-order valence-corrected chi connectivity index (χ3v) is 2.73. The summed E-state index contributed by atoms with van der Waals surface area (Å²) in [4.78, 5) is 10.9. The Balaban J connectivity index is 2.99. The van der Waals surface area contributed by atoms with Crippen LogP contribution in [0.1, 0.15) is 51.4 Å². The van der Waals surface area contributed by atoms with Crippen LogP contribution < -0.4 is 0 Å². The fourth-order valence-corrected chi connectivity index (χ4v) is 1.62. The van der Waals surface area contributed by atoms with E-state index in [4.69, 9.17) is 5.11 Å². The van der Waals surface area contributed by atoms with Crippen molar-refractivity contribution in [1.29, 1.82) is 0 Å². The van der Waals surface area contributed by atoms with Crippen LogP contribution in [0.2, 0.25) is 0 Å². The summed E-state index contributed by atoms with van der Waals surface area (Å²) in [6.45, 7) is 5.77. The van der Waals surface area contributed by atoms with E-state index >= 15 is 0 Å². The van der Waals surface area contributed by atoms with Gasteiger partial charge in [0.2, 0.25) is 0 Å². The Morgan fingerprint density at radius 1 is 1.53 bits per heavy atom. The average Bonchev–Trinajstić information content (AvgIpc) is 2.67. The van der Waals surface area contributed by atoms with Crippen LogP contribution in [0.5, 0.6) is 0 Å². The molecule has 1 heterocycles. The molecule has 0 saturated heterocycles. The highest BCUT2D eigenvalue weighted by Gasteiger charge is 2.21. The summed E-state index contributed by atoms with van der Waals surface area (Å²) in [5.41, 5.74) is 0. The van der Waals surface area contributed by atoms with Crippen molar-refractivity contribution in [3.63, 3.8) is 0 Å². The van der Waals surface area contributed by atoms with Crippen LogP contribution >= 0.6 is 0 Å². The Morgan fingerprint density at radius 3 is 2.60 bits per heavy atom. The molecule has 0 saturated carbocycles. The Kier molecular flexibility index (Phi) is 3.82. The third kappa shape index (κ3) is 2.34. The predicted octanol–water partition coefficient (Wildman–Crippen LogP) is 1.83. The topological polar surface area (TPSA) is 68.0 Å². The first-order valence-electron chi connectivity index (χ1n) is 5.23. The van der Waals surface area contributed by atoms with Gasteiger partial charge in [-0.3, -0.25) is 0 Å². The molecule has 1 aromatic rings. The van der Waals surface area contributed by atoms with E-state index in [0.717, 1.165) is 18.7 Å². The first-order valence-corrected chi connectivity index (χ1v) is 5.23. The Labute approximate surface area is 89.1 Å². The molecule has 84 valence electrons. The summed E-state index contributed by atoms with van der Waals surface area (Å²) in [6.07, 6.45) is 3.38. The van der Waals surface area contributed by atoms with E-state index in [9.17, 15) is 4.79 Å². The van der Waals surface area contributed by atoms with E-state index in [1.54, 1.807) is 11.5 Å². The maximum absolute atomic E-state index is 10.9. The molecule has 5 heteroatoms. The lowest BCUT2D eigenvalue weighted by Gasteiger charge is -2.16. The van der Waals surface area contributed by atoms with Gasteiger partial charge in [0.15, 0.2) is 0 Å². The molecule has 1 unspecified atom stereocenters. The van der Waals surface area contributed by atoms with Gasteiger partial charge in [-0.25, -0.2) is 4.79 Å². The molecule has 0 amide bonds. The zero-order valence-corrected chi connectivity index (χ0v) is 9.34. The van der Waals surface area contributed by atoms with E-state index in [1.807, 2.05) is 0 Å².